The van der Waals surface area contributed by atoms with E-state index in [9.17, 15) is 4.39 Å². The number of nitrogens with zero attached hydrogens (tertiary/aromatic N) is 2. The standard InChI is InChI=1S/C18H13FN2/c19-16-5-4-14-7-9-21(18(14)11-16)12-13-3-6-17-15(10-13)2-1-8-20-17/h1-11H,12H2. The van der Waals surface area contributed by atoms with Crippen LogP contribution in [0.2, 0.25) is 0 Å². The van der Waals surface area contributed by atoms with E-state index in [1.54, 1.807) is 12.3 Å². The zero-order chi connectivity index (χ0) is 14.2. The van der Waals surface area contributed by atoms with E-state index in [1.165, 1.54) is 11.6 Å². The van der Waals surface area contributed by atoms with Crippen LogP contribution >= 0.6 is 0 Å². The predicted molar refractivity (Wildman–Crippen MR) is 82.7 cm³/mol. The second-order valence-corrected chi connectivity index (χ2v) is 5.18. The molecule has 0 N–H and O–H groups in total. The summed E-state index contributed by atoms with van der Waals surface area (Å²) in [4.78, 5) is 4.32. The van der Waals surface area contributed by atoms with Gasteiger partial charge in [0.25, 0.3) is 0 Å². The number of hydrogen-bond donors (Lipinski definition) is 0. The van der Waals surface area contributed by atoms with Crippen LogP contribution in [0.1, 0.15) is 5.56 Å². The van der Waals surface area contributed by atoms with Crippen molar-refractivity contribution in [1.29, 1.82) is 0 Å². The number of hydrogen-bond acceptors (Lipinski definition) is 1. The Morgan fingerprint density at radius 2 is 1.90 bits per heavy atom. The third-order valence-corrected chi connectivity index (χ3v) is 3.76. The third-order valence-electron chi connectivity index (χ3n) is 3.76. The van der Waals surface area contributed by atoms with Gasteiger partial charge in [-0.15, -0.1) is 0 Å². The molecule has 2 nitrogen and oxygen atoms in total. The topological polar surface area (TPSA) is 17.8 Å². The van der Waals surface area contributed by atoms with Crippen molar-refractivity contribution in [1.82, 2.24) is 9.55 Å². The lowest BCUT2D eigenvalue weighted by Crippen LogP contribution is -1.98. The molecule has 102 valence electrons. The van der Waals surface area contributed by atoms with Crippen LogP contribution in [0.3, 0.4) is 0 Å². The van der Waals surface area contributed by atoms with Gasteiger partial charge >= 0.3 is 0 Å². The van der Waals surface area contributed by atoms with Crippen LogP contribution in [0, 0.1) is 5.82 Å². The average Bonchev–Trinajstić information content (AvgIpc) is 2.89. The summed E-state index contributed by atoms with van der Waals surface area (Å²) in [5.41, 5.74) is 3.09. The van der Waals surface area contributed by atoms with Crippen molar-refractivity contribution in [2.24, 2.45) is 0 Å². The monoisotopic (exact) mass is 276 g/mol. The molecule has 0 fully saturated rings. The molecule has 0 aliphatic heterocycles. The van der Waals surface area contributed by atoms with Gasteiger partial charge in [-0.2, -0.15) is 0 Å². The molecule has 2 heterocycles. The van der Waals surface area contributed by atoms with Gasteiger partial charge in [-0.05, 0) is 53.4 Å². The van der Waals surface area contributed by atoms with Gasteiger partial charge in [0.2, 0.25) is 0 Å². The van der Waals surface area contributed by atoms with Gasteiger partial charge < -0.3 is 4.57 Å². The molecule has 3 heteroatoms. The van der Waals surface area contributed by atoms with E-state index in [2.05, 4.69) is 27.8 Å². The van der Waals surface area contributed by atoms with E-state index in [0.29, 0.717) is 0 Å². The first-order valence-electron chi connectivity index (χ1n) is 6.88. The first kappa shape index (κ1) is 12.1. The Hall–Kier alpha value is -2.68. The molecule has 0 unspecified atom stereocenters. The van der Waals surface area contributed by atoms with Crippen LogP contribution in [-0.4, -0.2) is 9.55 Å². The van der Waals surface area contributed by atoms with E-state index in [-0.39, 0.29) is 5.82 Å². The summed E-state index contributed by atoms with van der Waals surface area (Å²) < 4.78 is 15.5. The number of benzene rings is 2. The molecule has 4 aromatic rings. The van der Waals surface area contributed by atoms with Gasteiger partial charge in [-0.1, -0.05) is 12.1 Å². The molecule has 2 aromatic carbocycles. The van der Waals surface area contributed by atoms with Crippen LogP contribution in [0.4, 0.5) is 4.39 Å². The summed E-state index contributed by atoms with van der Waals surface area (Å²) in [6.45, 7) is 0.720. The van der Waals surface area contributed by atoms with Crippen molar-refractivity contribution in [2.75, 3.05) is 0 Å². The van der Waals surface area contributed by atoms with E-state index in [4.69, 9.17) is 0 Å². The Morgan fingerprint density at radius 1 is 0.952 bits per heavy atom. The van der Waals surface area contributed by atoms with E-state index >= 15 is 0 Å². The first-order valence-corrected chi connectivity index (χ1v) is 6.88. The highest BCUT2D eigenvalue weighted by atomic mass is 19.1. The highest BCUT2D eigenvalue weighted by Gasteiger charge is 2.04. The number of fused-ring (bicyclic) bond motifs is 2. The quantitative estimate of drug-likeness (QED) is 0.531. The lowest BCUT2D eigenvalue weighted by Gasteiger charge is -2.07. The summed E-state index contributed by atoms with van der Waals surface area (Å²) in [7, 11) is 0. The van der Waals surface area contributed by atoms with Gasteiger partial charge in [-0.25, -0.2) is 4.39 Å². The molecule has 0 saturated carbocycles. The molecule has 0 bridgehead atoms. The van der Waals surface area contributed by atoms with Gasteiger partial charge in [0.1, 0.15) is 5.82 Å². The Bertz CT molecular complexity index is 940. The maximum absolute atomic E-state index is 13.4. The minimum Gasteiger partial charge on any atom is -0.343 e. The van der Waals surface area contributed by atoms with Gasteiger partial charge in [-0.3, -0.25) is 4.98 Å². The smallest absolute Gasteiger partial charge is 0.125 e. The third kappa shape index (κ3) is 2.17. The summed E-state index contributed by atoms with van der Waals surface area (Å²) in [6.07, 6.45) is 3.79. The van der Waals surface area contributed by atoms with Crippen LogP contribution in [0.15, 0.2) is 67.0 Å². The Labute approximate surface area is 121 Å². The van der Waals surface area contributed by atoms with Crippen molar-refractivity contribution < 1.29 is 4.39 Å². The highest BCUT2D eigenvalue weighted by molar-refractivity contribution is 5.81. The van der Waals surface area contributed by atoms with Crippen LogP contribution < -0.4 is 0 Å². The minimum atomic E-state index is -0.204. The Balaban J connectivity index is 1.77. The molecule has 0 radical (unpaired) electrons. The van der Waals surface area contributed by atoms with Crippen LogP contribution in [0.25, 0.3) is 21.8 Å². The molecule has 2 aromatic heterocycles. The molecule has 0 saturated heterocycles. The first-order chi connectivity index (χ1) is 10.3. The summed E-state index contributed by atoms with van der Waals surface area (Å²) in [6, 6.07) is 17.1. The maximum atomic E-state index is 13.4. The number of aromatic nitrogens is 2. The van der Waals surface area contributed by atoms with E-state index < -0.39 is 0 Å². The minimum absolute atomic E-state index is 0.204. The molecule has 0 spiro atoms. The number of halogens is 1. The highest BCUT2D eigenvalue weighted by Crippen LogP contribution is 2.20. The zero-order valence-electron chi connectivity index (χ0n) is 11.3. The molecule has 0 amide bonds. The average molecular weight is 276 g/mol. The fourth-order valence-corrected chi connectivity index (χ4v) is 2.72. The second kappa shape index (κ2) is 4.70. The lowest BCUT2D eigenvalue weighted by molar-refractivity contribution is 0.628. The second-order valence-electron chi connectivity index (χ2n) is 5.18. The summed E-state index contributed by atoms with van der Waals surface area (Å²) in [5, 5.41) is 2.18. The summed E-state index contributed by atoms with van der Waals surface area (Å²) in [5.74, 6) is -0.204. The fraction of sp³-hybridized carbons (Fsp3) is 0.0556. The van der Waals surface area contributed by atoms with Gasteiger partial charge in [0, 0.05) is 24.3 Å². The molecule has 0 aliphatic rings. The maximum Gasteiger partial charge on any atom is 0.125 e. The normalized spacial score (nSPS) is 11.3. The van der Waals surface area contributed by atoms with E-state index in [0.717, 1.165) is 28.4 Å². The molecule has 21 heavy (non-hydrogen) atoms. The van der Waals surface area contributed by atoms with Crippen molar-refractivity contribution >= 4 is 21.8 Å². The van der Waals surface area contributed by atoms with Gasteiger partial charge in [0.15, 0.2) is 0 Å². The van der Waals surface area contributed by atoms with E-state index in [1.807, 2.05) is 30.5 Å². The van der Waals surface area contributed by atoms with Crippen LogP contribution in [-0.2, 0) is 6.54 Å². The van der Waals surface area contributed by atoms with Crippen molar-refractivity contribution in [3.63, 3.8) is 0 Å². The van der Waals surface area contributed by atoms with Gasteiger partial charge in [0.05, 0.1) is 11.0 Å². The molecular formula is C18H13FN2. The Kier molecular flexibility index (Phi) is 2.71. The fourth-order valence-electron chi connectivity index (χ4n) is 2.72. The zero-order valence-corrected chi connectivity index (χ0v) is 11.3. The molecular weight excluding hydrogens is 263 g/mol. The predicted octanol–water partition coefficient (Wildman–Crippen LogP) is 4.38. The largest absolute Gasteiger partial charge is 0.343 e. The van der Waals surface area contributed by atoms with Crippen molar-refractivity contribution in [2.45, 2.75) is 6.54 Å². The summed E-state index contributed by atoms with van der Waals surface area (Å²) >= 11 is 0. The van der Waals surface area contributed by atoms with Crippen molar-refractivity contribution in [3.8, 4) is 0 Å². The van der Waals surface area contributed by atoms with Crippen LogP contribution in [0.5, 0.6) is 0 Å². The molecule has 0 aliphatic carbocycles. The number of rotatable bonds is 2. The molecule has 0 atom stereocenters. The Morgan fingerprint density at radius 3 is 2.86 bits per heavy atom. The molecule has 4 rings (SSSR count). The number of pyridine rings is 1. The van der Waals surface area contributed by atoms with Crippen molar-refractivity contribution in [3.05, 3.63) is 78.4 Å². The SMILES string of the molecule is Fc1ccc2ccn(Cc3ccc4ncccc4c3)c2c1. The lowest BCUT2D eigenvalue weighted by atomic mass is 10.1.